The van der Waals surface area contributed by atoms with E-state index in [1.54, 1.807) is 19.9 Å². The maximum atomic E-state index is 13.1. The Morgan fingerprint density at radius 1 is 1.53 bits per heavy atom. The zero-order valence-corrected chi connectivity index (χ0v) is 11.3. The summed E-state index contributed by atoms with van der Waals surface area (Å²) in [5, 5.41) is 12.5. The average molecular weight is 280 g/mol. The third-order valence-electron chi connectivity index (χ3n) is 2.55. The van der Waals surface area contributed by atoms with Crippen molar-refractivity contribution in [1.29, 1.82) is 0 Å². The molecule has 0 aliphatic rings. The molecule has 0 aliphatic carbocycles. The van der Waals surface area contributed by atoms with Crippen molar-refractivity contribution in [3.8, 4) is 0 Å². The lowest BCUT2D eigenvalue weighted by Gasteiger charge is -2.06. The van der Waals surface area contributed by atoms with Crippen molar-refractivity contribution in [3.05, 3.63) is 45.7 Å². The number of aliphatic hydroxyl groups excluding tert-OH is 1. The molecule has 0 bridgehead atoms. The number of rotatable bonds is 3. The second-order valence-electron chi connectivity index (χ2n) is 4.15. The minimum atomic E-state index is -0.706. The summed E-state index contributed by atoms with van der Waals surface area (Å²) in [6, 6.07) is 4.20. The molecule has 1 amide bonds. The molecule has 100 valence electrons. The summed E-state index contributed by atoms with van der Waals surface area (Å²) < 4.78 is 13.1. The van der Waals surface area contributed by atoms with Gasteiger partial charge in [0.2, 0.25) is 0 Å². The van der Waals surface area contributed by atoms with Gasteiger partial charge in [0.25, 0.3) is 5.91 Å². The van der Waals surface area contributed by atoms with Crippen molar-refractivity contribution in [2.45, 2.75) is 20.0 Å². The fourth-order valence-corrected chi connectivity index (χ4v) is 2.25. The van der Waals surface area contributed by atoms with Gasteiger partial charge in [0.1, 0.15) is 21.8 Å². The van der Waals surface area contributed by atoms with Crippen LogP contribution in [0.1, 0.15) is 33.3 Å². The highest BCUT2D eigenvalue weighted by Gasteiger charge is 2.14. The average Bonchev–Trinajstić information content (AvgIpc) is 2.83. The quantitative estimate of drug-likeness (QED) is 0.908. The van der Waals surface area contributed by atoms with E-state index >= 15 is 0 Å². The Morgan fingerprint density at radius 3 is 2.89 bits per heavy atom. The minimum absolute atomic E-state index is 0.363. The van der Waals surface area contributed by atoms with Gasteiger partial charge < -0.3 is 10.4 Å². The minimum Gasteiger partial charge on any atom is -0.386 e. The highest BCUT2D eigenvalue weighted by molar-refractivity contribution is 7.13. The molecule has 19 heavy (non-hydrogen) atoms. The summed E-state index contributed by atoms with van der Waals surface area (Å²) >= 11 is 1.11. The monoisotopic (exact) mass is 280 g/mol. The zero-order chi connectivity index (χ0) is 14.0. The molecule has 0 fully saturated rings. The lowest BCUT2D eigenvalue weighted by molar-refractivity contribution is 0.103. The molecular weight excluding hydrogens is 267 g/mol. The predicted octanol–water partition coefficient (Wildman–Crippen LogP) is 2.90. The Morgan fingerprint density at radius 2 is 2.26 bits per heavy atom. The van der Waals surface area contributed by atoms with Gasteiger partial charge in [-0.3, -0.25) is 4.79 Å². The topological polar surface area (TPSA) is 62.2 Å². The van der Waals surface area contributed by atoms with E-state index < -0.39 is 11.9 Å². The Labute approximate surface area is 113 Å². The summed E-state index contributed by atoms with van der Waals surface area (Å²) in [4.78, 5) is 16.3. The van der Waals surface area contributed by atoms with Crippen molar-refractivity contribution < 1.29 is 14.3 Å². The summed E-state index contributed by atoms with van der Waals surface area (Å²) in [5.41, 5.74) is 1.20. The standard InChI is InChI=1S/C13H13FN2O2S/c1-7-3-4-9(14)5-10(7)16-12(18)11-6-15-13(19-11)8(2)17/h3-6,8,17H,1-2H3,(H,16,18). The van der Waals surface area contributed by atoms with E-state index in [0.717, 1.165) is 16.9 Å². The van der Waals surface area contributed by atoms with E-state index in [-0.39, 0.29) is 5.91 Å². The normalized spacial score (nSPS) is 12.2. The number of halogens is 1. The molecule has 2 N–H and O–H groups in total. The maximum absolute atomic E-state index is 13.1. The first-order valence-corrected chi connectivity index (χ1v) is 6.50. The molecule has 1 atom stereocenters. The molecule has 1 aromatic heterocycles. The van der Waals surface area contributed by atoms with Crippen molar-refractivity contribution in [2.24, 2.45) is 0 Å². The molecular formula is C13H13FN2O2S. The number of benzene rings is 1. The van der Waals surface area contributed by atoms with Gasteiger partial charge in [-0.25, -0.2) is 9.37 Å². The van der Waals surface area contributed by atoms with Gasteiger partial charge in [-0.05, 0) is 31.5 Å². The Hall–Kier alpha value is -1.79. The number of nitrogens with one attached hydrogen (secondary N) is 1. The fraction of sp³-hybridized carbons (Fsp3) is 0.231. The first-order chi connectivity index (χ1) is 8.97. The summed E-state index contributed by atoms with van der Waals surface area (Å²) in [6.45, 7) is 3.36. The SMILES string of the molecule is Cc1ccc(F)cc1NC(=O)c1cnc(C(C)O)s1. The van der Waals surface area contributed by atoms with Crippen LogP contribution in [0.5, 0.6) is 0 Å². The van der Waals surface area contributed by atoms with Crippen LogP contribution in [-0.2, 0) is 0 Å². The number of anilines is 1. The van der Waals surface area contributed by atoms with Crippen LogP contribution in [0.2, 0.25) is 0 Å². The Balaban J connectivity index is 2.18. The number of aryl methyl sites for hydroxylation is 1. The molecule has 0 saturated heterocycles. The third-order valence-corrected chi connectivity index (χ3v) is 3.72. The lowest BCUT2D eigenvalue weighted by atomic mass is 10.2. The molecule has 2 rings (SSSR count). The van der Waals surface area contributed by atoms with Gasteiger partial charge in [0.15, 0.2) is 0 Å². The van der Waals surface area contributed by atoms with E-state index in [0.29, 0.717) is 15.6 Å². The molecule has 1 aromatic carbocycles. The van der Waals surface area contributed by atoms with Crippen molar-refractivity contribution in [2.75, 3.05) is 5.32 Å². The largest absolute Gasteiger partial charge is 0.386 e. The van der Waals surface area contributed by atoms with Gasteiger partial charge in [0, 0.05) is 5.69 Å². The molecule has 6 heteroatoms. The van der Waals surface area contributed by atoms with Crippen molar-refractivity contribution in [1.82, 2.24) is 4.98 Å². The first-order valence-electron chi connectivity index (χ1n) is 5.68. The van der Waals surface area contributed by atoms with Crippen molar-refractivity contribution >= 4 is 22.9 Å². The van der Waals surface area contributed by atoms with Crippen LogP contribution in [0.25, 0.3) is 0 Å². The van der Waals surface area contributed by atoms with Crippen LogP contribution in [0.15, 0.2) is 24.4 Å². The van der Waals surface area contributed by atoms with Crippen LogP contribution < -0.4 is 5.32 Å². The van der Waals surface area contributed by atoms with E-state index in [4.69, 9.17) is 0 Å². The van der Waals surface area contributed by atoms with E-state index in [2.05, 4.69) is 10.3 Å². The Kier molecular flexibility index (Phi) is 3.92. The van der Waals surface area contributed by atoms with Gasteiger partial charge in [-0.2, -0.15) is 0 Å². The smallest absolute Gasteiger partial charge is 0.267 e. The number of carbonyl (C=O) groups excluding carboxylic acids is 1. The van der Waals surface area contributed by atoms with E-state index in [9.17, 15) is 14.3 Å². The zero-order valence-electron chi connectivity index (χ0n) is 10.5. The maximum Gasteiger partial charge on any atom is 0.267 e. The first kappa shape index (κ1) is 13.6. The highest BCUT2D eigenvalue weighted by Crippen LogP contribution is 2.22. The number of thiazole rings is 1. The second kappa shape index (κ2) is 5.46. The van der Waals surface area contributed by atoms with E-state index in [1.807, 2.05) is 0 Å². The van der Waals surface area contributed by atoms with E-state index in [1.165, 1.54) is 18.3 Å². The molecule has 2 aromatic rings. The van der Waals surface area contributed by atoms with Gasteiger partial charge in [0.05, 0.1) is 6.20 Å². The van der Waals surface area contributed by atoms with Crippen molar-refractivity contribution in [3.63, 3.8) is 0 Å². The van der Waals surface area contributed by atoms with Crippen LogP contribution in [0.3, 0.4) is 0 Å². The molecule has 1 unspecified atom stereocenters. The molecule has 0 aliphatic heterocycles. The van der Waals surface area contributed by atoms with Gasteiger partial charge in [-0.15, -0.1) is 11.3 Å². The number of amides is 1. The summed E-state index contributed by atoms with van der Waals surface area (Å²) in [7, 11) is 0. The second-order valence-corrected chi connectivity index (χ2v) is 5.21. The fourth-order valence-electron chi connectivity index (χ4n) is 1.50. The summed E-state index contributed by atoms with van der Waals surface area (Å²) in [5.74, 6) is -0.770. The Bertz CT molecular complexity index is 610. The molecule has 4 nitrogen and oxygen atoms in total. The molecule has 0 spiro atoms. The lowest BCUT2D eigenvalue weighted by Crippen LogP contribution is -2.11. The summed E-state index contributed by atoms with van der Waals surface area (Å²) in [6.07, 6.45) is 0.693. The van der Waals surface area contributed by atoms with Gasteiger partial charge >= 0.3 is 0 Å². The third kappa shape index (κ3) is 3.15. The molecule has 0 saturated carbocycles. The number of hydrogen-bond donors (Lipinski definition) is 2. The number of nitrogens with zero attached hydrogens (tertiary/aromatic N) is 1. The van der Waals surface area contributed by atoms with Crippen LogP contribution >= 0.6 is 11.3 Å². The molecule has 0 radical (unpaired) electrons. The number of aromatic nitrogens is 1. The number of carbonyl (C=O) groups is 1. The molecule has 1 heterocycles. The number of aliphatic hydroxyl groups is 1. The van der Waals surface area contributed by atoms with Gasteiger partial charge in [-0.1, -0.05) is 6.07 Å². The van der Waals surface area contributed by atoms with Crippen LogP contribution in [0.4, 0.5) is 10.1 Å². The van der Waals surface area contributed by atoms with Crippen LogP contribution in [0, 0.1) is 12.7 Å². The predicted molar refractivity (Wildman–Crippen MR) is 71.8 cm³/mol. The number of hydrogen-bond acceptors (Lipinski definition) is 4. The highest BCUT2D eigenvalue weighted by atomic mass is 32.1. The van der Waals surface area contributed by atoms with Crippen LogP contribution in [-0.4, -0.2) is 16.0 Å².